The number of aromatic nitrogens is 3. The number of aromatic amines is 1. The summed E-state index contributed by atoms with van der Waals surface area (Å²) in [6.45, 7) is 4.80. The van der Waals surface area contributed by atoms with Crippen LogP contribution in [0.25, 0.3) is 0 Å². The van der Waals surface area contributed by atoms with Crippen LogP contribution in [0.2, 0.25) is 0 Å². The molecule has 1 rings (SSSR count). The van der Waals surface area contributed by atoms with Gasteiger partial charge in [0.05, 0.1) is 0 Å². The summed E-state index contributed by atoms with van der Waals surface area (Å²) < 4.78 is 27.9. The summed E-state index contributed by atoms with van der Waals surface area (Å²) in [5.41, 5.74) is 0. The van der Waals surface area contributed by atoms with Gasteiger partial charge in [-0.15, -0.1) is 0 Å². The van der Waals surface area contributed by atoms with Gasteiger partial charge in [0.2, 0.25) is 0 Å². The molecule has 9 heteroatoms. The summed E-state index contributed by atoms with van der Waals surface area (Å²) in [4.78, 5) is 3.99. The molecular formula is C12H26N6O2S. The molecule has 0 aliphatic rings. The fourth-order valence-electron chi connectivity index (χ4n) is 1.77. The number of nitrogens with zero attached hydrogens (tertiary/aromatic N) is 3. The van der Waals surface area contributed by atoms with Gasteiger partial charge in [-0.2, -0.15) is 17.8 Å². The lowest BCUT2D eigenvalue weighted by Gasteiger charge is -2.17. The van der Waals surface area contributed by atoms with Crippen molar-refractivity contribution in [2.75, 3.05) is 33.2 Å². The number of hydrogen-bond acceptors (Lipinski definition) is 5. The van der Waals surface area contributed by atoms with Gasteiger partial charge in [0.15, 0.2) is 0 Å². The van der Waals surface area contributed by atoms with E-state index in [-0.39, 0.29) is 0 Å². The number of hydrogen-bond donors (Lipinski definition) is 3. The van der Waals surface area contributed by atoms with E-state index >= 15 is 0 Å². The van der Waals surface area contributed by atoms with Crippen LogP contribution in [-0.2, 0) is 16.6 Å². The molecule has 1 aromatic rings. The minimum atomic E-state index is -3.38. The van der Waals surface area contributed by atoms with Gasteiger partial charge >= 0.3 is 0 Å². The number of aryl methyl sites for hydroxylation is 1. The molecule has 0 atom stereocenters. The SMILES string of the molecule is CCCNCCCN(C)S(=O)(=O)NCCCc1ncn[nH]1. The molecule has 122 valence electrons. The van der Waals surface area contributed by atoms with Gasteiger partial charge in [-0.1, -0.05) is 6.92 Å². The Balaban J connectivity index is 2.15. The monoisotopic (exact) mass is 318 g/mol. The molecule has 0 fully saturated rings. The van der Waals surface area contributed by atoms with Gasteiger partial charge < -0.3 is 5.32 Å². The van der Waals surface area contributed by atoms with E-state index in [4.69, 9.17) is 0 Å². The molecule has 8 nitrogen and oxygen atoms in total. The van der Waals surface area contributed by atoms with E-state index < -0.39 is 10.2 Å². The zero-order valence-corrected chi connectivity index (χ0v) is 13.6. The van der Waals surface area contributed by atoms with Crippen LogP contribution >= 0.6 is 0 Å². The number of rotatable bonds is 12. The van der Waals surface area contributed by atoms with Crippen LogP contribution < -0.4 is 10.0 Å². The van der Waals surface area contributed by atoms with E-state index in [1.54, 1.807) is 7.05 Å². The molecule has 0 aliphatic carbocycles. The molecule has 0 aliphatic heterocycles. The average molecular weight is 318 g/mol. The van der Waals surface area contributed by atoms with Crippen molar-refractivity contribution in [3.05, 3.63) is 12.2 Å². The zero-order chi connectivity index (χ0) is 15.6. The summed E-state index contributed by atoms with van der Waals surface area (Å²) in [6.07, 6.45) is 4.68. The van der Waals surface area contributed by atoms with Crippen molar-refractivity contribution in [1.82, 2.24) is 29.5 Å². The first-order chi connectivity index (χ1) is 10.1. The van der Waals surface area contributed by atoms with E-state index in [1.807, 2.05) is 0 Å². The van der Waals surface area contributed by atoms with Crippen LogP contribution in [0, 0.1) is 0 Å². The fraction of sp³-hybridized carbons (Fsp3) is 0.833. The smallest absolute Gasteiger partial charge is 0.279 e. The van der Waals surface area contributed by atoms with Crippen molar-refractivity contribution < 1.29 is 8.42 Å². The van der Waals surface area contributed by atoms with E-state index in [0.29, 0.717) is 25.9 Å². The third-order valence-electron chi connectivity index (χ3n) is 3.00. The summed E-state index contributed by atoms with van der Waals surface area (Å²) >= 11 is 0. The first-order valence-electron chi connectivity index (χ1n) is 7.32. The molecule has 1 aromatic heterocycles. The van der Waals surface area contributed by atoms with Crippen molar-refractivity contribution in [2.24, 2.45) is 0 Å². The summed E-state index contributed by atoms with van der Waals surface area (Å²) in [5, 5.41) is 9.74. The van der Waals surface area contributed by atoms with Gasteiger partial charge in [-0.3, -0.25) is 5.10 Å². The van der Waals surface area contributed by atoms with Crippen molar-refractivity contribution in [3.8, 4) is 0 Å². The average Bonchev–Trinajstić information content (AvgIpc) is 2.96. The molecule has 0 radical (unpaired) electrons. The van der Waals surface area contributed by atoms with E-state index in [9.17, 15) is 8.42 Å². The van der Waals surface area contributed by atoms with Crippen molar-refractivity contribution in [2.45, 2.75) is 32.6 Å². The Morgan fingerprint density at radius 2 is 2.10 bits per heavy atom. The third kappa shape index (κ3) is 7.51. The molecule has 0 unspecified atom stereocenters. The first-order valence-corrected chi connectivity index (χ1v) is 8.76. The van der Waals surface area contributed by atoms with Crippen molar-refractivity contribution in [1.29, 1.82) is 0 Å². The lowest BCUT2D eigenvalue weighted by molar-refractivity contribution is 0.444. The molecule has 0 saturated heterocycles. The van der Waals surface area contributed by atoms with Crippen molar-refractivity contribution >= 4 is 10.2 Å². The van der Waals surface area contributed by atoms with Crippen LogP contribution in [0.15, 0.2) is 6.33 Å². The Morgan fingerprint density at radius 1 is 1.29 bits per heavy atom. The first kappa shape index (κ1) is 18.0. The Hall–Kier alpha value is -1.03. The molecule has 0 amide bonds. The number of H-pyrrole nitrogens is 1. The fourth-order valence-corrected chi connectivity index (χ4v) is 2.76. The third-order valence-corrected chi connectivity index (χ3v) is 4.58. The Bertz CT molecular complexity index is 462. The minimum absolute atomic E-state index is 0.390. The quantitative estimate of drug-likeness (QED) is 0.467. The molecule has 0 saturated carbocycles. The van der Waals surface area contributed by atoms with Gasteiger partial charge in [0.1, 0.15) is 12.2 Å². The predicted octanol–water partition coefficient (Wildman–Crippen LogP) is -0.107. The Kier molecular flexibility index (Phi) is 8.43. The second-order valence-corrected chi connectivity index (χ2v) is 6.72. The summed E-state index contributed by atoms with van der Waals surface area (Å²) in [7, 11) is -1.79. The van der Waals surface area contributed by atoms with E-state index in [1.165, 1.54) is 10.6 Å². The second kappa shape index (κ2) is 9.82. The maximum absolute atomic E-state index is 12.0. The standard InChI is InChI=1S/C12H26N6O2S/c1-3-7-13-8-5-10-18(2)21(19,20)16-9-4-6-12-14-11-15-17-12/h11,13,16H,3-10H2,1-2H3,(H,14,15,17). The second-order valence-electron chi connectivity index (χ2n) is 4.86. The molecule has 0 aromatic carbocycles. The van der Waals surface area contributed by atoms with Crippen molar-refractivity contribution in [3.63, 3.8) is 0 Å². The minimum Gasteiger partial charge on any atom is -0.317 e. The lowest BCUT2D eigenvalue weighted by atomic mass is 10.3. The van der Waals surface area contributed by atoms with Gasteiger partial charge in [-0.25, -0.2) is 9.71 Å². The highest BCUT2D eigenvalue weighted by Gasteiger charge is 2.15. The molecule has 1 heterocycles. The highest BCUT2D eigenvalue weighted by Crippen LogP contribution is 1.97. The van der Waals surface area contributed by atoms with Crippen LogP contribution in [0.1, 0.15) is 32.0 Å². The zero-order valence-electron chi connectivity index (χ0n) is 12.8. The number of nitrogens with one attached hydrogen (secondary N) is 3. The molecule has 0 bridgehead atoms. The molecule has 0 spiro atoms. The van der Waals surface area contributed by atoms with Gasteiger partial charge in [0.25, 0.3) is 10.2 Å². The lowest BCUT2D eigenvalue weighted by Crippen LogP contribution is -2.39. The van der Waals surface area contributed by atoms with E-state index in [2.05, 4.69) is 32.1 Å². The summed E-state index contributed by atoms with van der Waals surface area (Å²) in [6, 6.07) is 0. The maximum Gasteiger partial charge on any atom is 0.279 e. The van der Waals surface area contributed by atoms with Gasteiger partial charge in [0, 0.05) is 26.6 Å². The highest BCUT2D eigenvalue weighted by atomic mass is 32.2. The normalized spacial score (nSPS) is 12.1. The van der Waals surface area contributed by atoms with E-state index in [0.717, 1.165) is 31.8 Å². The topological polar surface area (TPSA) is 103 Å². The summed E-state index contributed by atoms with van der Waals surface area (Å²) in [5.74, 6) is 0.768. The van der Waals surface area contributed by atoms with Crippen LogP contribution in [-0.4, -0.2) is 61.1 Å². The van der Waals surface area contributed by atoms with Crippen LogP contribution in [0.5, 0.6) is 0 Å². The van der Waals surface area contributed by atoms with Crippen LogP contribution in [0.3, 0.4) is 0 Å². The maximum atomic E-state index is 12.0. The highest BCUT2D eigenvalue weighted by molar-refractivity contribution is 7.87. The Labute approximate surface area is 126 Å². The Morgan fingerprint density at radius 3 is 2.76 bits per heavy atom. The van der Waals surface area contributed by atoms with Gasteiger partial charge in [-0.05, 0) is 32.4 Å². The molecule has 3 N–H and O–H groups in total. The van der Waals surface area contributed by atoms with Crippen LogP contribution in [0.4, 0.5) is 0 Å². The molecule has 21 heavy (non-hydrogen) atoms. The largest absolute Gasteiger partial charge is 0.317 e. The predicted molar refractivity (Wildman–Crippen MR) is 82.0 cm³/mol. The molecular weight excluding hydrogens is 292 g/mol.